The Morgan fingerprint density at radius 1 is 1.31 bits per heavy atom. The van der Waals surface area contributed by atoms with E-state index in [4.69, 9.17) is 5.73 Å². The van der Waals surface area contributed by atoms with Crippen molar-refractivity contribution in [1.82, 2.24) is 9.97 Å². The summed E-state index contributed by atoms with van der Waals surface area (Å²) in [6.07, 6.45) is 0. The highest BCUT2D eigenvalue weighted by Gasteiger charge is 2.02. The summed E-state index contributed by atoms with van der Waals surface area (Å²) in [4.78, 5) is 9.78. The third-order valence-corrected chi connectivity index (χ3v) is 3.34. The maximum Gasteiger partial charge on any atom is 0.126 e. The molecule has 4 nitrogen and oxygen atoms in total. The number of nitrogens with one attached hydrogen (secondary N) is 1. The van der Waals surface area contributed by atoms with E-state index in [1.54, 1.807) is 11.3 Å². The van der Waals surface area contributed by atoms with E-state index in [2.05, 4.69) is 15.3 Å². The Kier molecular flexibility index (Phi) is 3.05. The number of aryl methyl sites for hydroxylation is 2. The summed E-state index contributed by atoms with van der Waals surface area (Å²) in [5.74, 6) is 0.847. The molecule has 2 aromatic heterocycles. The number of hydrogen-bond donors (Lipinski definition) is 2. The Morgan fingerprint density at radius 3 is 2.75 bits per heavy atom. The van der Waals surface area contributed by atoms with Gasteiger partial charge in [0.1, 0.15) is 5.82 Å². The average molecular weight is 234 g/mol. The van der Waals surface area contributed by atoms with Crippen LogP contribution in [0.3, 0.4) is 0 Å². The fraction of sp³-hybridized carbons (Fsp3) is 0.273. The zero-order chi connectivity index (χ0) is 11.5. The van der Waals surface area contributed by atoms with Crippen LogP contribution in [-0.4, -0.2) is 9.97 Å². The van der Waals surface area contributed by atoms with Gasteiger partial charge in [0.25, 0.3) is 0 Å². The number of nitrogen functional groups attached to an aromatic ring is 1. The van der Waals surface area contributed by atoms with Crippen molar-refractivity contribution in [2.24, 2.45) is 0 Å². The summed E-state index contributed by atoms with van der Waals surface area (Å²) < 4.78 is 0. The van der Waals surface area contributed by atoms with E-state index >= 15 is 0 Å². The molecule has 3 N–H and O–H groups in total. The largest absolute Gasteiger partial charge is 0.397 e. The van der Waals surface area contributed by atoms with Gasteiger partial charge >= 0.3 is 0 Å². The normalized spacial score (nSPS) is 10.4. The quantitative estimate of drug-likeness (QED) is 0.855. The zero-order valence-electron chi connectivity index (χ0n) is 9.32. The van der Waals surface area contributed by atoms with E-state index in [-0.39, 0.29) is 0 Å². The van der Waals surface area contributed by atoms with Crippen LogP contribution in [0, 0.1) is 13.8 Å². The van der Waals surface area contributed by atoms with Gasteiger partial charge in [0.15, 0.2) is 0 Å². The molecule has 0 atom stereocenters. The lowest BCUT2D eigenvalue weighted by atomic mass is 10.3. The maximum absolute atomic E-state index is 5.71. The van der Waals surface area contributed by atoms with Gasteiger partial charge in [-0.25, -0.2) is 9.97 Å². The molecule has 0 spiro atoms. The molecular formula is C11H14N4S. The molecule has 2 rings (SSSR count). The first-order valence-corrected chi connectivity index (χ1v) is 5.90. The van der Waals surface area contributed by atoms with Crippen LogP contribution in [0.25, 0.3) is 0 Å². The summed E-state index contributed by atoms with van der Waals surface area (Å²) in [7, 11) is 0. The molecular weight excluding hydrogens is 220 g/mol. The van der Waals surface area contributed by atoms with Crippen LogP contribution < -0.4 is 11.1 Å². The molecule has 0 fully saturated rings. The van der Waals surface area contributed by atoms with Crippen molar-refractivity contribution in [1.29, 1.82) is 0 Å². The van der Waals surface area contributed by atoms with E-state index in [1.807, 2.05) is 31.5 Å². The number of rotatable bonds is 3. The molecule has 84 valence electrons. The van der Waals surface area contributed by atoms with Crippen LogP contribution >= 0.6 is 11.3 Å². The molecule has 0 radical (unpaired) electrons. The molecule has 0 saturated carbocycles. The second kappa shape index (κ2) is 4.49. The van der Waals surface area contributed by atoms with Crippen molar-refractivity contribution in [3.63, 3.8) is 0 Å². The topological polar surface area (TPSA) is 63.8 Å². The lowest BCUT2D eigenvalue weighted by Gasteiger charge is -2.06. The molecule has 0 aliphatic carbocycles. The van der Waals surface area contributed by atoms with Gasteiger partial charge in [-0.3, -0.25) is 0 Å². The fourth-order valence-electron chi connectivity index (χ4n) is 1.34. The Hall–Kier alpha value is -1.62. The van der Waals surface area contributed by atoms with Crippen LogP contribution in [-0.2, 0) is 6.54 Å². The van der Waals surface area contributed by atoms with Crippen molar-refractivity contribution in [2.75, 3.05) is 11.1 Å². The molecule has 16 heavy (non-hydrogen) atoms. The SMILES string of the molecule is Cc1nc(NCc2scnc2C)ccc1N. The number of pyridine rings is 1. The minimum Gasteiger partial charge on any atom is -0.397 e. The van der Waals surface area contributed by atoms with Crippen LogP contribution in [0.2, 0.25) is 0 Å². The first-order chi connectivity index (χ1) is 7.66. The van der Waals surface area contributed by atoms with Gasteiger partial charge < -0.3 is 11.1 Å². The number of nitrogens with zero attached hydrogens (tertiary/aromatic N) is 2. The predicted molar refractivity (Wildman–Crippen MR) is 67.6 cm³/mol. The second-order valence-electron chi connectivity index (χ2n) is 3.59. The van der Waals surface area contributed by atoms with Crippen LogP contribution in [0.15, 0.2) is 17.6 Å². The summed E-state index contributed by atoms with van der Waals surface area (Å²) in [5, 5.41) is 3.26. The van der Waals surface area contributed by atoms with Gasteiger partial charge in [-0.05, 0) is 26.0 Å². The Morgan fingerprint density at radius 2 is 2.12 bits per heavy atom. The number of nitrogens with two attached hydrogens (primary N) is 1. The molecule has 2 heterocycles. The zero-order valence-corrected chi connectivity index (χ0v) is 10.1. The highest BCUT2D eigenvalue weighted by atomic mass is 32.1. The highest BCUT2D eigenvalue weighted by Crippen LogP contribution is 2.16. The standard InChI is InChI=1S/C11H14N4S/c1-7-9(12)3-4-11(15-7)13-5-10-8(2)14-6-16-10/h3-4,6H,5,12H2,1-2H3,(H,13,15). The van der Waals surface area contributed by atoms with Crippen molar-refractivity contribution in [3.05, 3.63) is 33.9 Å². The molecule has 0 unspecified atom stereocenters. The van der Waals surface area contributed by atoms with E-state index in [1.165, 1.54) is 4.88 Å². The summed E-state index contributed by atoms with van der Waals surface area (Å²) in [6, 6.07) is 3.75. The molecule has 0 amide bonds. The summed E-state index contributed by atoms with van der Waals surface area (Å²) >= 11 is 1.65. The van der Waals surface area contributed by atoms with Crippen LogP contribution in [0.4, 0.5) is 11.5 Å². The van der Waals surface area contributed by atoms with Crippen molar-refractivity contribution < 1.29 is 0 Å². The lowest BCUT2D eigenvalue weighted by molar-refractivity contribution is 1.08. The van der Waals surface area contributed by atoms with Crippen molar-refractivity contribution >= 4 is 22.8 Å². The van der Waals surface area contributed by atoms with Crippen LogP contribution in [0.1, 0.15) is 16.3 Å². The average Bonchev–Trinajstić information content (AvgIpc) is 2.66. The van der Waals surface area contributed by atoms with Gasteiger partial charge in [0.2, 0.25) is 0 Å². The summed E-state index contributed by atoms with van der Waals surface area (Å²) in [5.41, 5.74) is 10.2. The van der Waals surface area contributed by atoms with Gasteiger partial charge in [0.05, 0.1) is 29.1 Å². The molecule has 5 heteroatoms. The van der Waals surface area contributed by atoms with E-state index in [9.17, 15) is 0 Å². The molecule has 0 aromatic carbocycles. The van der Waals surface area contributed by atoms with E-state index in [0.717, 1.165) is 29.4 Å². The maximum atomic E-state index is 5.71. The third kappa shape index (κ3) is 2.30. The second-order valence-corrected chi connectivity index (χ2v) is 4.52. The third-order valence-electron chi connectivity index (χ3n) is 2.40. The molecule has 0 aliphatic heterocycles. The Labute approximate surface area is 98.6 Å². The molecule has 0 saturated heterocycles. The summed E-state index contributed by atoms with van der Waals surface area (Å²) in [6.45, 7) is 4.67. The predicted octanol–water partition coefficient (Wildman–Crippen LogP) is 2.35. The van der Waals surface area contributed by atoms with Gasteiger partial charge in [-0.15, -0.1) is 11.3 Å². The molecule has 2 aromatic rings. The van der Waals surface area contributed by atoms with E-state index < -0.39 is 0 Å². The van der Waals surface area contributed by atoms with Crippen LogP contribution in [0.5, 0.6) is 0 Å². The Balaban J connectivity index is 2.05. The van der Waals surface area contributed by atoms with Crippen molar-refractivity contribution in [3.8, 4) is 0 Å². The van der Waals surface area contributed by atoms with E-state index in [0.29, 0.717) is 0 Å². The fourth-order valence-corrected chi connectivity index (χ4v) is 2.05. The first kappa shape index (κ1) is 10.9. The minimum atomic E-state index is 0.722. The first-order valence-electron chi connectivity index (χ1n) is 5.03. The smallest absolute Gasteiger partial charge is 0.126 e. The highest BCUT2D eigenvalue weighted by molar-refractivity contribution is 7.09. The van der Waals surface area contributed by atoms with Gasteiger partial charge in [-0.1, -0.05) is 0 Å². The molecule has 0 bridgehead atoms. The van der Waals surface area contributed by atoms with Gasteiger partial charge in [-0.2, -0.15) is 0 Å². The number of hydrogen-bond acceptors (Lipinski definition) is 5. The van der Waals surface area contributed by atoms with Gasteiger partial charge in [0, 0.05) is 4.88 Å². The number of anilines is 2. The number of aromatic nitrogens is 2. The monoisotopic (exact) mass is 234 g/mol. The van der Waals surface area contributed by atoms with Crippen molar-refractivity contribution in [2.45, 2.75) is 20.4 Å². The molecule has 0 aliphatic rings. The minimum absolute atomic E-state index is 0.722. The number of thiazole rings is 1. The lowest BCUT2D eigenvalue weighted by Crippen LogP contribution is -2.03. The Bertz CT molecular complexity index is 492.